The van der Waals surface area contributed by atoms with E-state index < -0.39 is 18.0 Å². The molecule has 0 aromatic heterocycles. The highest BCUT2D eigenvalue weighted by atomic mass is 16.5. The van der Waals surface area contributed by atoms with Crippen LogP contribution < -0.4 is 10.1 Å². The van der Waals surface area contributed by atoms with Crippen molar-refractivity contribution in [3.8, 4) is 11.8 Å². The third-order valence-electron chi connectivity index (χ3n) is 4.78. The van der Waals surface area contributed by atoms with Gasteiger partial charge in [0.1, 0.15) is 17.4 Å². The molecule has 0 aliphatic carbocycles. The number of nitrogens with zero attached hydrogens (tertiary/aromatic N) is 1. The first-order valence-corrected chi connectivity index (χ1v) is 9.76. The van der Waals surface area contributed by atoms with Gasteiger partial charge in [-0.15, -0.1) is 0 Å². The van der Waals surface area contributed by atoms with Gasteiger partial charge in [-0.1, -0.05) is 44.2 Å². The maximum absolute atomic E-state index is 12.5. The number of ether oxygens (including phenoxy) is 2. The fraction of sp³-hybridized carbons (Fsp3) is 0.292. The Bertz CT molecular complexity index is 958. The maximum atomic E-state index is 12.5. The van der Waals surface area contributed by atoms with E-state index in [1.807, 2.05) is 30.3 Å². The van der Waals surface area contributed by atoms with Crippen LogP contribution >= 0.6 is 0 Å². The lowest BCUT2D eigenvalue weighted by atomic mass is 9.97. The molecule has 156 valence electrons. The van der Waals surface area contributed by atoms with Crippen molar-refractivity contribution in [2.45, 2.75) is 39.2 Å². The summed E-state index contributed by atoms with van der Waals surface area (Å²) in [5.41, 5.74) is 2.15. The third-order valence-corrected chi connectivity index (χ3v) is 4.78. The van der Waals surface area contributed by atoms with Crippen molar-refractivity contribution in [3.05, 3.63) is 65.2 Å². The highest BCUT2D eigenvalue weighted by Crippen LogP contribution is 2.26. The van der Waals surface area contributed by atoms with Crippen LogP contribution in [0.1, 0.15) is 44.2 Å². The van der Waals surface area contributed by atoms with Gasteiger partial charge in [0.25, 0.3) is 5.91 Å². The average molecular weight is 406 g/mol. The molecule has 30 heavy (non-hydrogen) atoms. The van der Waals surface area contributed by atoms with Gasteiger partial charge in [-0.3, -0.25) is 4.79 Å². The van der Waals surface area contributed by atoms with E-state index in [1.165, 1.54) is 13.0 Å². The maximum Gasteiger partial charge on any atom is 0.349 e. The number of para-hydroxylation sites is 1. The van der Waals surface area contributed by atoms with Crippen molar-refractivity contribution < 1.29 is 19.1 Å². The number of amides is 1. The van der Waals surface area contributed by atoms with Gasteiger partial charge < -0.3 is 14.8 Å². The molecule has 1 amide bonds. The number of rotatable bonds is 8. The van der Waals surface area contributed by atoms with Crippen LogP contribution in [0.4, 0.5) is 5.69 Å². The number of esters is 1. The molecule has 6 heteroatoms. The Balaban J connectivity index is 2.07. The van der Waals surface area contributed by atoms with Crippen molar-refractivity contribution in [2.24, 2.45) is 0 Å². The third kappa shape index (κ3) is 5.95. The molecule has 2 aromatic carbocycles. The van der Waals surface area contributed by atoms with Crippen molar-refractivity contribution >= 4 is 23.6 Å². The summed E-state index contributed by atoms with van der Waals surface area (Å²) in [4.78, 5) is 24.9. The fourth-order valence-electron chi connectivity index (χ4n) is 2.78. The molecule has 0 saturated heterocycles. The summed E-state index contributed by atoms with van der Waals surface area (Å²) >= 11 is 0. The molecule has 0 bridgehead atoms. The van der Waals surface area contributed by atoms with E-state index in [2.05, 4.69) is 19.2 Å². The molecule has 0 radical (unpaired) electrons. The Labute approximate surface area is 177 Å². The zero-order valence-corrected chi connectivity index (χ0v) is 17.6. The Kier molecular flexibility index (Phi) is 8.18. The fourth-order valence-corrected chi connectivity index (χ4v) is 2.78. The van der Waals surface area contributed by atoms with E-state index in [-0.39, 0.29) is 11.5 Å². The van der Waals surface area contributed by atoms with Crippen LogP contribution in [0, 0.1) is 11.3 Å². The molecule has 0 heterocycles. The van der Waals surface area contributed by atoms with Crippen LogP contribution in [0.5, 0.6) is 5.75 Å². The first-order valence-electron chi connectivity index (χ1n) is 9.76. The van der Waals surface area contributed by atoms with Crippen LogP contribution in [0.2, 0.25) is 0 Å². The van der Waals surface area contributed by atoms with Gasteiger partial charge in [0.2, 0.25) is 0 Å². The van der Waals surface area contributed by atoms with Crippen LogP contribution in [0.15, 0.2) is 54.1 Å². The van der Waals surface area contributed by atoms with Gasteiger partial charge in [0.15, 0.2) is 6.10 Å². The molecule has 0 unspecified atom stereocenters. The van der Waals surface area contributed by atoms with Gasteiger partial charge in [-0.2, -0.15) is 5.26 Å². The summed E-state index contributed by atoms with van der Waals surface area (Å²) in [6, 6.07) is 16.2. The molecule has 6 nitrogen and oxygen atoms in total. The Morgan fingerprint density at radius 2 is 1.80 bits per heavy atom. The second kappa shape index (κ2) is 10.8. The number of hydrogen-bond acceptors (Lipinski definition) is 5. The largest absolute Gasteiger partial charge is 0.497 e. The highest BCUT2D eigenvalue weighted by molar-refractivity contribution is 6.01. The molecule has 2 atom stereocenters. The standard InChI is InChI=1S/C24H26N2O4/c1-5-16(2)21-8-6-7-9-22(21)26-23(27)17(3)30-24(28)19(15-25)14-18-10-12-20(29-4)13-11-18/h6-14,16-17H,5H2,1-4H3,(H,26,27)/b19-14+/t16-,17+/m0/s1. The molecular formula is C24H26N2O4. The minimum Gasteiger partial charge on any atom is -0.497 e. The predicted octanol–water partition coefficient (Wildman–Crippen LogP) is 4.69. The lowest BCUT2D eigenvalue weighted by Crippen LogP contribution is -2.30. The zero-order valence-electron chi connectivity index (χ0n) is 17.6. The lowest BCUT2D eigenvalue weighted by Gasteiger charge is -2.18. The molecule has 1 N–H and O–H groups in total. The average Bonchev–Trinajstić information content (AvgIpc) is 2.77. The summed E-state index contributed by atoms with van der Waals surface area (Å²) in [5.74, 6) is -0.375. The summed E-state index contributed by atoms with van der Waals surface area (Å²) in [5, 5.41) is 12.1. The number of carbonyl (C=O) groups excluding carboxylic acids is 2. The monoisotopic (exact) mass is 406 g/mol. The first kappa shape index (κ1) is 22.7. The Morgan fingerprint density at radius 3 is 2.40 bits per heavy atom. The molecular weight excluding hydrogens is 380 g/mol. The van der Waals surface area contributed by atoms with Gasteiger partial charge in [-0.05, 0) is 54.7 Å². The van der Waals surface area contributed by atoms with Crippen molar-refractivity contribution in [1.29, 1.82) is 5.26 Å². The van der Waals surface area contributed by atoms with Crippen molar-refractivity contribution in [3.63, 3.8) is 0 Å². The summed E-state index contributed by atoms with van der Waals surface area (Å²) < 4.78 is 10.3. The molecule has 0 aliphatic rings. The number of carbonyl (C=O) groups is 2. The van der Waals surface area contributed by atoms with Crippen molar-refractivity contribution in [2.75, 3.05) is 12.4 Å². The van der Waals surface area contributed by atoms with Crippen LogP contribution in [0.3, 0.4) is 0 Å². The predicted molar refractivity (Wildman–Crippen MR) is 116 cm³/mol. The van der Waals surface area contributed by atoms with Crippen molar-refractivity contribution in [1.82, 2.24) is 0 Å². The van der Waals surface area contributed by atoms with E-state index in [0.717, 1.165) is 12.0 Å². The van der Waals surface area contributed by atoms with Crippen LogP contribution in [-0.4, -0.2) is 25.1 Å². The lowest BCUT2D eigenvalue weighted by molar-refractivity contribution is -0.148. The molecule has 0 aliphatic heterocycles. The first-order chi connectivity index (χ1) is 14.4. The van der Waals surface area contributed by atoms with E-state index in [0.29, 0.717) is 17.0 Å². The zero-order chi connectivity index (χ0) is 22.1. The van der Waals surface area contributed by atoms with Gasteiger partial charge in [0, 0.05) is 5.69 Å². The Hall–Kier alpha value is -3.59. The van der Waals surface area contributed by atoms with E-state index in [9.17, 15) is 14.9 Å². The number of anilines is 1. The van der Waals surface area contributed by atoms with E-state index >= 15 is 0 Å². The second-order valence-electron chi connectivity index (χ2n) is 6.88. The molecule has 0 spiro atoms. The summed E-state index contributed by atoms with van der Waals surface area (Å²) in [6.07, 6.45) is 1.28. The minimum atomic E-state index is -1.06. The number of benzene rings is 2. The second-order valence-corrected chi connectivity index (χ2v) is 6.88. The van der Waals surface area contributed by atoms with E-state index in [1.54, 1.807) is 31.4 Å². The summed E-state index contributed by atoms with van der Waals surface area (Å²) in [6.45, 7) is 5.63. The van der Waals surface area contributed by atoms with Gasteiger partial charge >= 0.3 is 5.97 Å². The number of hydrogen-bond donors (Lipinski definition) is 1. The highest BCUT2D eigenvalue weighted by Gasteiger charge is 2.22. The number of nitriles is 1. The minimum absolute atomic E-state index is 0.195. The van der Waals surface area contributed by atoms with Gasteiger partial charge in [0.05, 0.1) is 7.11 Å². The number of methoxy groups -OCH3 is 1. The quantitative estimate of drug-likeness (QED) is 0.390. The van der Waals surface area contributed by atoms with Crippen LogP contribution in [-0.2, 0) is 14.3 Å². The van der Waals surface area contributed by atoms with Gasteiger partial charge in [-0.25, -0.2) is 4.79 Å². The molecule has 0 saturated carbocycles. The van der Waals surface area contributed by atoms with Crippen LogP contribution in [0.25, 0.3) is 6.08 Å². The SMILES string of the molecule is CC[C@H](C)c1ccccc1NC(=O)[C@@H](C)OC(=O)/C(C#N)=C/c1ccc(OC)cc1. The topological polar surface area (TPSA) is 88.4 Å². The smallest absolute Gasteiger partial charge is 0.349 e. The molecule has 0 fully saturated rings. The number of nitrogens with one attached hydrogen (secondary N) is 1. The molecule has 2 aromatic rings. The summed E-state index contributed by atoms with van der Waals surface area (Å²) in [7, 11) is 1.55. The Morgan fingerprint density at radius 1 is 1.13 bits per heavy atom. The normalized spacial score (nSPS) is 13.0. The molecule has 2 rings (SSSR count). The van der Waals surface area contributed by atoms with E-state index in [4.69, 9.17) is 9.47 Å².